The van der Waals surface area contributed by atoms with E-state index in [2.05, 4.69) is 6.42 Å². The molecule has 1 aliphatic rings. The van der Waals surface area contributed by atoms with Gasteiger partial charge in [0.2, 0.25) is 0 Å². The molecule has 1 aliphatic carbocycles. The number of carboxylic acid groups (broad SMARTS) is 1. The molecule has 0 saturated heterocycles. The van der Waals surface area contributed by atoms with Crippen LogP contribution in [0.3, 0.4) is 0 Å². The molecule has 0 aromatic carbocycles. The summed E-state index contributed by atoms with van der Waals surface area (Å²) in [7, 11) is 0. The van der Waals surface area contributed by atoms with Crippen LogP contribution in [0.4, 0.5) is 0 Å². The Morgan fingerprint density at radius 2 is 1.85 bits per heavy atom. The van der Waals surface area contributed by atoms with Gasteiger partial charge < -0.3 is 11.5 Å². The van der Waals surface area contributed by atoms with Crippen molar-refractivity contribution >= 4 is 5.97 Å². The number of aliphatic carboxylic acids is 1. The average molecular weight is 194 g/mol. The molecule has 1 fully saturated rings. The predicted octanol–water partition coefficient (Wildman–Crippen LogP) is 0.0299. The van der Waals surface area contributed by atoms with Gasteiger partial charge in [0, 0.05) is 6.42 Å². The molecule has 0 spiro atoms. The monoisotopic (exact) mass is 194 g/mol. The zero-order valence-electron chi connectivity index (χ0n) is 8.88. The van der Waals surface area contributed by atoms with Crippen LogP contribution in [0.5, 0.6) is 0 Å². The molecular formula is C10H19NaO2. The van der Waals surface area contributed by atoms with Crippen molar-refractivity contribution in [2.45, 2.75) is 51.9 Å². The quantitative estimate of drug-likeness (QED) is 0.497. The number of hydrogen-bond acceptors (Lipinski definition) is 1. The smallest absolute Gasteiger partial charge is 0.481 e. The molecule has 0 unspecified atom stereocenters. The molecule has 13 heavy (non-hydrogen) atoms. The van der Waals surface area contributed by atoms with Crippen LogP contribution in [-0.4, -0.2) is 11.1 Å². The van der Waals surface area contributed by atoms with Crippen molar-refractivity contribution in [3.8, 4) is 0 Å². The minimum atomic E-state index is -0.711. The Bertz CT molecular complexity index is 100.0. The zero-order valence-corrected chi connectivity index (χ0v) is 10.9. The summed E-state index contributed by atoms with van der Waals surface area (Å²) in [6.45, 7) is 1.84. The van der Waals surface area contributed by atoms with Gasteiger partial charge in [-0.2, -0.15) is 12.8 Å². The van der Waals surface area contributed by atoms with E-state index in [1.807, 2.05) is 6.92 Å². The van der Waals surface area contributed by atoms with Crippen molar-refractivity contribution in [3.63, 3.8) is 0 Å². The van der Waals surface area contributed by atoms with Crippen molar-refractivity contribution in [2.24, 2.45) is 0 Å². The average Bonchev–Trinajstić information content (AvgIpc) is 2.08. The van der Waals surface area contributed by atoms with Crippen LogP contribution in [-0.2, 0) is 4.79 Å². The number of hydrogen-bond donors (Lipinski definition) is 1. The summed E-state index contributed by atoms with van der Waals surface area (Å²) in [4.78, 5) is 9.60. The van der Waals surface area contributed by atoms with Gasteiger partial charge in [0.1, 0.15) is 0 Å². The topological polar surface area (TPSA) is 37.3 Å². The molecule has 0 aliphatic heterocycles. The largest absolute Gasteiger partial charge is 1.00 e. The van der Waals surface area contributed by atoms with E-state index in [0.717, 1.165) is 6.42 Å². The van der Waals surface area contributed by atoms with Gasteiger partial charge in [0.05, 0.1) is 0 Å². The SMILES string of the molecule is CCCC(=O)O.[CH-]1CCCCC1.[Na+]. The maximum Gasteiger partial charge on any atom is 1.00 e. The third-order valence-electron chi connectivity index (χ3n) is 1.78. The fraction of sp³-hybridized carbons (Fsp3) is 0.800. The molecule has 1 N–H and O–H groups in total. The summed E-state index contributed by atoms with van der Waals surface area (Å²) < 4.78 is 0. The van der Waals surface area contributed by atoms with Crippen molar-refractivity contribution in [1.82, 2.24) is 0 Å². The maximum atomic E-state index is 9.60. The molecule has 0 aromatic heterocycles. The van der Waals surface area contributed by atoms with E-state index < -0.39 is 5.97 Å². The molecule has 1 rings (SSSR count). The molecule has 0 amide bonds. The van der Waals surface area contributed by atoms with E-state index in [4.69, 9.17) is 5.11 Å². The second kappa shape index (κ2) is 12.5. The van der Waals surface area contributed by atoms with E-state index in [-0.39, 0.29) is 29.6 Å². The first kappa shape index (κ1) is 15.9. The Hall–Kier alpha value is 0.470. The Morgan fingerprint density at radius 1 is 1.31 bits per heavy atom. The summed E-state index contributed by atoms with van der Waals surface area (Å²) in [5.74, 6) is -0.711. The second-order valence-corrected chi connectivity index (χ2v) is 3.07. The molecule has 0 bridgehead atoms. The predicted molar refractivity (Wildman–Crippen MR) is 49.9 cm³/mol. The summed E-state index contributed by atoms with van der Waals surface area (Å²) in [5, 5.41) is 7.91. The van der Waals surface area contributed by atoms with Crippen LogP contribution in [0.25, 0.3) is 0 Å². The van der Waals surface area contributed by atoms with Crippen molar-refractivity contribution in [3.05, 3.63) is 6.42 Å². The van der Waals surface area contributed by atoms with Gasteiger partial charge in [-0.1, -0.05) is 26.2 Å². The molecule has 0 radical (unpaired) electrons. The minimum absolute atomic E-state index is 0. The molecule has 0 atom stereocenters. The van der Waals surface area contributed by atoms with E-state index in [1.165, 1.54) is 32.1 Å². The van der Waals surface area contributed by atoms with Gasteiger partial charge >= 0.3 is 35.5 Å². The first-order valence-electron chi connectivity index (χ1n) is 4.80. The fourth-order valence-electron chi connectivity index (χ4n) is 1.11. The minimum Gasteiger partial charge on any atom is -0.481 e. The van der Waals surface area contributed by atoms with Crippen LogP contribution in [0, 0.1) is 6.42 Å². The summed E-state index contributed by atoms with van der Waals surface area (Å²) >= 11 is 0. The Morgan fingerprint density at radius 3 is 1.92 bits per heavy atom. The van der Waals surface area contributed by atoms with Gasteiger partial charge in [-0.15, -0.1) is 0 Å². The third-order valence-corrected chi connectivity index (χ3v) is 1.78. The maximum absolute atomic E-state index is 9.60. The number of carboxylic acids is 1. The molecule has 1 saturated carbocycles. The first-order chi connectivity index (χ1) is 5.77. The van der Waals surface area contributed by atoms with Gasteiger partial charge in [0.15, 0.2) is 0 Å². The van der Waals surface area contributed by atoms with Gasteiger partial charge in [0.25, 0.3) is 0 Å². The van der Waals surface area contributed by atoms with Crippen LogP contribution >= 0.6 is 0 Å². The van der Waals surface area contributed by atoms with Crippen molar-refractivity contribution < 1.29 is 39.5 Å². The number of carbonyl (C=O) groups is 1. The van der Waals surface area contributed by atoms with Crippen LogP contribution < -0.4 is 29.6 Å². The molecular weight excluding hydrogens is 175 g/mol. The van der Waals surface area contributed by atoms with Crippen LogP contribution in [0.1, 0.15) is 51.9 Å². The van der Waals surface area contributed by atoms with E-state index in [1.54, 1.807) is 0 Å². The zero-order chi connectivity index (χ0) is 9.23. The third kappa shape index (κ3) is 15.2. The van der Waals surface area contributed by atoms with Crippen LogP contribution in [0.15, 0.2) is 0 Å². The molecule has 3 heteroatoms. The van der Waals surface area contributed by atoms with Crippen molar-refractivity contribution in [2.75, 3.05) is 0 Å². The van der Waals surface area contributed by atoms with E-state index in [0.29, 0.717) is 6.42 Å². The van der Waals surface area contributed by atoms with Crippen molar-refractivity contribution in [1.29, 1.82) is 0 Å². The Labute approximate surface area is 103 Å². The standard InChI is InChI=1S/C6H11.C4H8O2.Na/c1-2-4-6-5-3-1;1-2-3-4(5)6;/h1H,2-6H2;2-3H2,1H3,(H,5,6);/q-1;;+1. The number of rotatable bonds is 2. The second-order valence-electron chi connectivity index (χ2n) is 3.07. The summed E-state index contributed by atoms with van der Waals surface area (Å²) in [6.07, 6.45) is 10.5. The summed E-state index contributed by atoms with van der Waals surface area (Å²) in [6, 6.07) is 0. The van der Waals surface area contributed by atoms with E-state index >= 15 is 0 Å². The first-order valence-corrected chi connectivity index (χ1v) is 4.80. The van der Waals surface area contributed by atoms with Gasteiger partial charge in [-0.25, -0.2) is 0 Å². The van der Waals surface area contributed by atoms with Crippen LogP contribution in [0.2, 0.25) is 0 Å². The van der Waals surface area contributed by atoms with Gasteiger partial charge in [-0.3, -0.25) is 4.79 Å². The van der Waals surface area contributed by atoms with Gasteiger partial charge in [-0.05, 0) is 6.42 Å². The van der Waals surface area contributed by atoms with E-state index in [9.17, 15) is 4.79 Å². The molecule has 2 nitrogen and oxygen atoms in total. The molecule has 0 heterocycles. The Kier molecular flexibility index (Phi) is 15.3. The summed E-state index contributed by atoms with van der Waals surface area (Å²) in [5.41, 5.74) is 0. The Balaban J connectivity index is 0. The molecule has 72 valence electrons. The normalized spacial score (nSPS) is 14.8. The molecule has 0 aromatic rings. The fourth-order valence-corrected chi connectivity index (χ4v) is 1.11.